The Bertz CT molecular complexity index is 1810. The van der Waals surface area contributed by atoms with Gasteiger partial charge >= 0.3 is 11.9 Å². The third kappa shape index (κ3) is 6.09. The second kappa shape index (κ2) is 11.3. The molecule has 15 heteroatoms. The quantitative estimate of drug-likeness (QED) is 0.313. The molecule has 2 aromatic heterocycles. The molecule has 0 aliphatic rings. The SMILES string of the molecule is CCCCS(=O)(=O)NC(=O)COc1ccccc1-c1nsc2ccc(-n3c(=O)cc(C(F)(F)F)n(C)c3=O)cc12. The standard InChI is InChI=1S/C25H23F3N4O6S2/c1-3-4-11-40(36,37)30-21(33)14-38-18-8-6-5-7-16(18)23-17-12-15(9-10-19(17)39-29-23)32-22(34)13-20(25(26,27)28)31(2)24(32)35/h5-10,12-13H,3-4,11,14H2,1-2H3,(H,30,33). The van der Waals surface area contributed by atoms with Crippen molar-refractivity contribution in [3.63, 3.8) is 0 Å². The molecular formula is C25H23F3N4O6S2. The summed E-state index contributed by atoms with van der Waals surface area (Å²) in [7, 11) is -2.86. The molecule has 0 saturated heterocycles. The molecule has 0 radical (unpaired) electrons. The lowest BCUT2D eigenvalue weighted by Gasteiger charge is -2.14. The van der Waals surface area contributed by atoms with Gasteiger partial charge in [0.15, 0.2) is 6.61 Å². The average Bonchev–Trinajstić information content (AvgIpc) is 3.31. The van der Waals surface area contributed by atoms with Crippen molar-refractivity contribution in [3.8, 4) is 22.7 Å². The van der Waals surface area contributed by atoms with Gasteiger partial charge in [-0.3, -0.25) is 18.9 Å². The second-order valence-electron chi connectivity index (χ2n) is 8.74. The highest BCUT2D eigenvalue weighted by atomic mass is 32.2. The van der Waals surface area contributed by atoms with E-state index in [2.05, 4.69) is 4.37 Å². The molecule has 0 aliphatic heterocycles. The normalized spacial score (nSPS) is 12.0. The molecule has 1 amide bonds. The highest BCUT2D eigenvalue weighted by molar-refractivity contribution is 7.90. The number of ether oxygens (including phenoxy) is 1. The lowest BCUT2D eigenvalue weighted by molar-refractivity contribution is -0.144. The number of para-hydroxylation sites is 1. The van der Waals surface area contributed by atoms with Gasteiger partial charge in [-0.25, -0.2) is 17.8 Å². The van der Waals surface area contributed by atoms with Gasteiger partial charge in [0.05, 0.1) is 21.8 Å². The molecule has 4 rings (SSSR count). The van der Waals surface area contributed by atoms with E-state index in [1.807, 2.05) is 11.6 Å². The third-order valence-electron chi connectivity index (χ3n) is 5.86. The highest BCUT2D eigenvalue weighted by Gasteiger charge is 2.35. The Labute approximate surface area is 229 Å². The Morgan fingerprint density at radius 2 is 1.85 bits per heavy atom. The number of aromatic nitrogens is 3. The van der Waals surface area contributed by atoms with Crippen molar-refractivity contribution < 1.29 is 31.1 Å². The Hall–Kier alpha value is -3.98. The summed E-state index contributed by atoms with van der Waals surface area (Å²) in [4.78, 5) is 37.6. The van der Waals surface area contributed by atoms with Crippen LogP contribution in [0, 0.1) is 0 Å². The predicted molar refractivity (Wildman–Crippen MR) is 143 cm³/mol. The van der Waals surface area contributed by atoms with E-state index in [-0.39, 0.29) is 17.2 Å². The van der Waals surface area contributed by atoms with Gasteiger partial charge in [0.1, 0.15) is 11.4 Å². The van der Waals surface area contributed by atoms with Crippen LogP contribution in [0.1, 0.15) is 25.5 Å². The van der Waals surface area contributed by atoms with Crippen LogP contribution in [-0.4, -0.2) is 40.2 Å². The van der Waals surface area contributed by atoms with Crippen LogP contribution in [0.2, 0.25) is 0 Å². The average molecular weight is 597 g/mol. The van der Waals surface area contributed by atoms with Gasteiger partial charge in [0, 0.05) is 24.1 Å². The molecule has 2 aromatic carbocycles. The van der Waals surface area contributed by atoms with Crippen molar-refractivity contribution in [2.24, 2.45) is 7.05 Å². The molecule has 4 aromatic rings. The fraction of sp³-hybridized carbons (Fsp3) is 0.280. The summed E-state index contributed by atoms with van der Waals surface area (Å²) in [6.45, 7) is 1.23. The zero-order valence-corrected chi connectivity index (χ0v) is 22.8. The number of unbranched alkanes of at least 4 members (excludes halogenated alkanes) is 1. The van der Waals surface area contributed by atoms with E-state index in [9.17, 15) is 36.0 Å². The van der Waals surface area contributed by atoms with E-state index in [4.69, 9.17) is 4.74 Å². The van der Waals surface area contributed by atoms with Gasteiger partial charge in [0.2, 0.25) is 10.0 Å². The van der Waals surface area contributed by atoms with Crippen LogP contribution >= 0.6 is 11.5 Å². The van der Waals surface area contributed by atoms with E-state index in [0.29, 0.717) is 49.4 Å². The number of sulfonamides is 1. The molecular weight excluding hydrogens is 573 g/mol. The minimum atomic E-state index is -4.89. The van der Waals surface area contributed by atoms with Crippen molar-refractivity contribution in [1.82, 2.24) is 18.2 Å². The van der Waals surface area contributed by atoms with Crippen molar-refractivity contribution in [2.45, 2.75) is 25.9 Å². The molecule has 0 bridgehead atoms. The van der Waals surface area contributed by atoms with Gasteiger partial charge in [-0.15, -0.1) is 0 Å². The first-order valence-corrected chi connectivity index (χ1v) is 14.3. The van der Waals surface area contributed by atoms with Gasteiger partial charge in [0.25, 0.3) is 11.5 Å². The maximum atomic E-state index is 13.2. The Kier molecular flexibility index (Phi) is 8.16. The summed E-state index contributed by atoms with van der Waals surface area (Å²) in [5.41, 5.74) is -2.87. The highest BCUT2D eigenvalue weighted by Crippen LogP contribution is 2.37. The third-order valence-corrected chi connectivity index (χ3v) is 8.05. The molecule has 2 heterocycles. The number of nitrogens with one attached hydrogen (secondary N) is 1. The summed E-state index contributed by atoms with van der Waals surface area (Å²) in [6, 6.07) is 11.3. The van der Waals surface area contributed by atoms with E-state index >= 15 is 0 Å². The fourth-order valence-corrected chi connectivity index (χ4v) is 5.86. The number of hydrogen-bond acceptors (Lipinski definition) is 8. The van der Waals surface area contributed by atoms with Crippen LogP contribution in [-0.2, 0) is 28.0 Å². The van der Waals surface area contributed by atoms with Crippen LogP contribution < -0.4 is 20.7 Å². The number of fused-ring (bicyclic) bond motifs is 1. The number of alkyl halides is 3. The van der Waals surface area contributed by atoms with Crippen molar-refractivity contribution in [3.05, 3.63) is 75.1 Å². The first-order chi connectivity index (χ1) is 18.8. The monoisotopic (exact) mass is 596 g/mol. The topological polar surface area (TPSA) is 129 Å². The molecule has 10 nitrogen and oxygen atoms in total. The van der Waals surface area contributed by atoms with Crippen LogP contribution in [0.3, 0.4) is 0 Å². The predicted octanol–water partition coefficient (Wildman–Crippen LogP) is 3.46. The summed E-state index contributed by atoms with van der Waals surface area (Å²) in [5.74, 6) is -0.831. The van der Waals surface area contributed by atoms with Crippen molar-refractivity contribution in [1.29, 1.82) is 0 Å². The zero-order chi connectivity index (χ0) is 29.2. The van der Waals surface area contributed by atoms with E-state index in [1.54, 1.807) is 30.3 Å². The summed E-state index contributed by atoms with van der Waals surface area (Å²) in [6.07, 6.45) is -3.85. The molecule has 0 unspecified atom stereocenters. The van der Waals surface area contributed by atoms with Crippen LogP contribution in [0.25, 0.3) is 27.0 Å². The van der Waals surface area contributed by atoms with Crippen LogP contribution in [0.5, 0.6) is 5.75 Å². The molecule has 0 aliphatic carbocycles. The summed E-state index contributed by atoms with van der Waals surface area (Å²) in [5, 5.41) is 0.471. The van der Waals surface area contributed by atoms with Crippen molar-refractivity contribution in [2.75, 3.05) is 12.4 Å². The number of carbonyl (C=O) groups excluding carboxylic acids is 1. The number of amides is 1. The van der Waals surface area contributed by atoms with E-state index < -0.39 is 45.7 Å². The van der Waals surface area contributed by atoms with Crippen molar-refractivity contribution >= 4 is 37.5 Å². The molecule has 0 spiro atoms. The molecule has 0 saturated carbocycles. The number of rotatable bonds is 9. The number of halogens is 3. The van der Waals surface area contributed by atoms with Gasteiger partial charge in [-0.05, 0) is 48.3 Å². The molecule has 212 valence electrons. The maximum Gasteiger partial charge on any atom is 0.431 e. The number of hydrogen-bond donors (Lipinski definition) is 1. The first kappa shape index (κ1) is 29.0. The Morgan fingerprint density at radius 3 is 2.55 bits per heavy atom. The lowest BCUT2D eigenvalue weighted by Crippen LogP contribution is -2.40. The number of carbonyl (C=O) groups is 1. The lowest BCUT2D eigenvalue weighted by atomic mass is 10.1. The zero-order valence-electron chi connectivity index (χ0n) is 21.2. The smallest absolute Gasteiger partial charge is 0.431 e. The summed E-state index contributed by atoms with van der Waals surface area (Å²) < 4.78 is 77.4. The second-order valence-corrected chi connectivity index (χ2v) is 11.4. The van der Waals surface area contributed by atoms with Gasteiger partial charge in [-0.2, -0.15) is 17.5 Å². The first-order valence-electron chi connectivity index (χ1n) is 11.9. The van der Waals surface area contributed by atoms with Gasteiger partial charge in [-0.1, -0.05) is 25.5 Å². The molecule has 0 fully saturated rings. The summed E-state index contributed by atoms with van der Waals surface area (Å²) >= 11 is 1.09. The van der Waals surface area contributed by atoms with Gasteiger partial charge < -0.3 is 4.74 Å². The molecule has 40 heavy (non-hydrogen) atoms. The van der Waals surface area contributed by atoms with Crippen LogP contribution in [0.15, 0.2) is 58.1 Å². The van der Waals surface area contributed by atoms with E-state index in [1.165, 1.54) is 12.1 Å². The van der Waals surface area contributed by atoms with E-state index in [0.717, 1.165) is 18.6 Å². The fourth-order valence-electron chi connectivity index (χ4n) is 3.92. The van der Waals surface area contributed by atoms with Crippen LogP contribution in [0.4, 0.5) is 13.2 Å². The molecule has 1 N–H and O–H groups in total. The largest absolute Gasteiger partial charge is 0.483 e. The Morgan fingerprint density at radius 1 is 1.12 bits per heavy atom. The minimum absolute atomic E-state index is 0.0309. The maximum absolute atomic E-state index is 13.2. The number of nitrogens with zero attached hydrogens (tertiary/aromatic N) is 3. The number of benzene rings is 2. The Balaban J connectivity index is 1.69. The molecule has 0 atom stereocenters. The minimum Gasteiger partial charge on any atom is -0.483 e.